The Kier molecular flexibility index (Phi) is 8.08. The number of rotatable bonds is 10. The van der Waals surface area contributed by atoms with Crippen molar-refractivity contribution in [2.75, 3.05) is 32.6 Å². The van der Waals surface area contributed by atoms with Crippen molar-refractivity contribution in [3.63, 3.8) is 0 Å². The molecule has 0 saturated heterocycles. The van der Waals surface area contributed by atoms with E-state index in [1.807, 2.05) is 69.2 Å². The molecule has 0 aliphatic rings. The lowest BCUT2D eigenvalue weighted by molar-refractivity contribution is -0.116. The zero-order valence-corrected chi connectivity index (χ0v) is 25.1. The number of hydrogen-bond donors (Lipinski definition) is 3. The lowest BCUT2D eigenvalue weighted by Crippen LogP contribution is -2.19. The zero-order valence-electron chi connectivity index (χ0n) is 25.1. The van der Waals surface area contributed by atoms with Crippen LogP contribution < -0.4 is 10.1 Å². The molecule has 0 saturated carbocycles. The first-order valence-electron chi connectivity index (χ1n) is 14.5. The molecule has 1 amide bonds. The molecule has 4 heterocycles. The molecule has 0 spiro atoms. The summed E-state index contributed by atoms with van der Waals surface area (Å²) in [5.41, 5.74) is 7.00. The first-order valence-corrected chi connectivity index (χ1v) is 14.5. The van der Waals surface area contributed by atoms with Crippen LogP contribution in [0.4, 0.5) is 10.1 Å². The maximum absolute atomic E-state index is 14.7. The fourth-order valence-corrected chi connectivity index (χ4v) is 5.19. The molecule has 0 unspecified atom stereocenters. The molecule has 3 N–H and O–H groups in total. The summed E-state index contributed by atoms with van der Waals surface area (Å²) in [6, 6.07) is 16.5. The highest BCUT2D eigenvalue weighted by molar-refractivity contribution is 6.01. The van der Waals surface area contributed by atoms with Crippen LogP contribution in [-0.4, -0.2) is 63.2 Å². The van der Waals surface area contributed by atoms with E-state index in [9.17, 15) is 9.18 Å². The van der Waals surface area contributed by atoms with Crippen LogP contribution in [0.3, 0.4) is 0 Å². The average molecular weight is 592 g/mol. The quantitative estimate of drug-likeness (QED) is 0.160. The number of hydrogen-bond acceptors (Lipinski definition) is 6. The SMILES string of the molecule is CC(C)CC(=O)Nc1cncc(-c2ccc3[nH]nc(-c4cc5c(-c6cc(F)cc(OCCN(C)C)c6)nccc5[nH]4)c3c2)c1. The first kappa shape index (κ1) is 29.0. The van der Waals surface area contributed by atoms with Gasteiger partial charge >= 0.3 is 0 Å². The minimum Gasteiger partial charge on any atom is -0.492 e. The number of carbonyl (C=O) groups is 1. The summed E-state index contributed by atoms with van der Waals surface area (Å²) in [6.07, 6.45) is 5.58. The van der Waals surface area contributed by atoms with Crippen molar-refractivity contribution >= 4 is 33.4 Å². The zero-order chi connectivity index (χ0) is 30.8. The van der Waals surface area contributed by atoms with Gasteiger partial charge in [0.05, 0.1) is 28.8 Å². The Morgan fingerprint density at radius 3 is 2.61 bits per heavy atom. The number of carbonyl (C=O) groups excluding carboxylic acids is 1. The molecule has 0 aliphatic heterocycles. The Labute approximate surface area is 254 Å². The molecule has 10 heteroatoms. The Bertz CT molecular complexity index is 1960. The number of H-pyrrole nitrogens is 2. The fourth-order valence-electron chi connectivity index (χ4n) is 5.19. The second kappa shape index (κ2) is 12.3. The molecular weight excluding hydrogens is 557 g/mol. The van der Waals surface area contributed by atoms with Crippen molar-refractivity contribution in [1.82, 2.24) is 30.0 Å². The minimum atomic E-state index is -0.388. The standard InChI is InChI=1S/C34H34FN7O2/c1-20(2)11-32(43)38-25-13-23(18-36-19-25)21-5-6-30-27(15-21)34(41-40-30)31-17-28-29(39-31)7-8-37-33(28)22-12-24(35)16-26(14-22)44-10-9-42(3)4/h5-8,12-20,39H,9-11H2,1-4H3,(H,38,43)(H,40,41). The monoisotopic (exact) mass is 591 g/mol. The summed E-state index contributed by atoms with van der Waals surface area (Å²) in [7, 11) is 3.92. The van der Waals surface area contributed by atoms with Crippen molar-refractivity contribution in [2.45, 2.75) is 20.3 Å². The van der Waals surface area contributed by atoms with Crippen LogP contribution in [-0.2, 0) is 4.79 Å². The van der Waals surface area contributed by atoms with Crippen LogP contribution in [0, 0.1) is 11.7 Å². The topological polar surface area (TPSA) is 112 Å². The van der Waals surface area contributed by atoms with Gasteiger partial charge in [-0.1, -0.05) is 19.9 Å². The van der Waals surface area contributed by atoms with E-state index in [-0.39, 0.29) is 17.6 Å². The number of aromatic nitrogens is 5. The number of amides is 1. The smallest absolute Gasteiger partial charge is 0.224 e. The van der Waals surface area contributed by atoms with E-state index in [4.69, 9.17) is 4.74 Å². The molecule has 6 aromatic rings. The van der Waals surface area contributed by atoms with Crippen LogP contribution in [0.2, 0.25) is 0 Å². The molecule has 2 aromatic carbocycles. The molecule has 0 atom stereocenters. The van der Waals surface area contributed by atoms with Crippen molar-refractivity contribution in [2.24, 2.45) is 5.92 Å². The van der Waals surface area contributed by atoms with Gasteiger partial charge in [0.2, 0.25) is 5.91 Å². The molecule has 6 rings (SSSR count). The van der Waals surface area contributed by atoms with Crippen molar-refractivity contribution in [3.05, 3.63) is 79.0 Å². The van der Waals surface area contributed by atoms with Crippen LogP contribution in [0.15, 0.2) is 73.2 Å². The molecule has 0 fully saturated rings. The van der Waals surface area contributed by atoms with Crippen molar-refractivity contribution in [1.29, 1.82) is 0 Å². The van der Waals surface area contributed by atoms with Gasteiger partial charge in [0.25, 0.3) is 0 Å². The number of nitrogens with zero attached hydrogens (tertiary/aromatic N) is 4. The average Bonchev–Trinajstić information content (AvgIpc) is 3.60. The van der Waals surface area contributed by atoms with E-state index in [0.717, 1.165) is 50.9 Å². The van der Waals surface area contributed by atoms with Gasteiger partial charge in [-0.25, -0.2) is 4.39 Å². The van der Waals surface area contributed by atoms with Crippen LogP contribution >= 0.6 is 0 Å². The third-order valence-corrected chi connectivity index (χ3v) is 7.27. The molecule has 0 bridgehead atoms. The summed E-state index contributed by atoms with van der Waals surface area (Å²) in [5, 5.41) is 12.5. The van der Waals surface area contributed by atoms with Gasteiger partial charge in [0.1, 0.15) is 23.9 Å². The number of aromatic amines is 2. The Morgan fingerprint density at radius 2 is 1.80 bits per heavy atom. The van der Waals surface area contributed by atoms with Crippen molar-refractivity contribution < 1.29 is 13.9 Å². The molecule has 9 nitrogen and oxygen atoms in total. The van der Waals surface area contributed by atoms with Gasteiger partial charge in [-0.2, -0.15) is 5.10 Å². The van der Waals surface area contributed by atoms with E-state index in [1.54, 1.807) is 18.6 Å². The largest absolute Gasteiger partial charge is 0.492 e. The minimum absolute atomic E-state index is 0.0366. The normalized spacial score (nSPS) is 11.6. The van der Waals surface area contributed by atoms with Crippen LogP contribution in [0.5, 0.6) is 5.75 Å². The first-order chi connectivity index (χ1) is 21.2. The summed E-state index contributed by atoms with van der Waals surface area (Å²) >= 11 is 0. The lowest BCUT2D eigenvalue weighted by atomic mass is 10.0. The number of likely N-dealkylation sites (N-methyl/N-ethyl adjacent to an activating group) is 1. The predicted molar refractivity (Wildman–Crippen MR) is 172 cm³/mol. The van der Waals surface area contributed by atoms with E-state index in [0.29, 0.717) is 35.7 Å². The highest BCUT2D eigenvalue weighted by Gasteiger charge is 2.16. The Balaban J connectivity index is 1.33. The molecule has 0 radical (unpaired) electrons. The Morgan fingerprint density at radius 1 is 0.955 bits per heavy atom. The summed E-state index contributed by atoms with van der Waals surface area (Å²) < 4.78 is 20.5. The molecule has 4 aromatic heterocycles. The fraction of sp³-hybridized carbons (Fsp3) is 0.235. The summed E-state index contributed by atoms with van der Waals surface area (Å²) in [4.78, 5) is 26.8. The number of halogens is 1. The van der Waals surface area contributed by atoms with Gasteiger partial charge in [0.15, 0.2) is 0 Å². The molecule has 224 valence electrons. The van der Waals surface area contributed by atoms with Gasteiger partial charge in [-0.05, 0) is 68.0 Å². The number of benzene rings is 2. The summed E-state index contributed by atoms with van der Waals surface area (Å²) in [6.45, 7) is 5.19. The Hall–Kier alpha value is -5.09. The maximum Gasteiger partial charge on any atom is 0.224 e. The summed E-state index contributed by atoms with van der Waals surface area (Å²) in [5.74, 6) is 0.301. The number of anilines is 1. The second-order valence-corrected chi connectivity index (χ2v) is 11.6. The lowest BCUT2D eigenvalue weighted by Gasteiger charge is -2.12. The number of ether oxygens (including phenoxy) is 1. The highest BCUT2D eigenvalue weighted by Crippen LogP contribution is 2.35. The van der Waals surface area contributed by atoms with E-state index in [2.05, 4.69) is 36.5 Å². The third kappa shape index (κ3) is 6.30. The maximum atomic E-state index is 14.7. The highest BCUT2D eigenvalue weighted by atomic mass is 19.1. The van der Waals surface area contributed by atoms with E-state index in [1.165, 1.54) is 12.1 Å². The van der Waals surface area contributed by atoms with Crippen LogP contribution in [0.25, 0.3) is 55.6 Å². The third-order valence-electron chi connectivity index (χ3n) is 7.27. The molecule has 44 heavy (non-hydrogen) atoms. The van der Waals surface area contributed by atoms with Gasteiger partial charge in [-0.3, -0.25) is 19.9 Å². The molecular formula is C34H34FN7O2. The number of fused-ring (bicyclic) bond motifs is 2. The number of nitrogens with one attached hydrogen (secondary N) is 3. The van der Waals surface area contributed by atoms with E-state index < -0.39 is 0 Å². The molecule has 0 aliphatic carbocycles. The second-order valence-electron chi connectivity index (χ2n) is 11.6. The van der Waals surface area contributed by atoms with Gasteiger partial charge in [0, 0.05) is 58.8 Å². The number of pyridine rings is 2. The van der Waals surface area contributed by atoms with Crippen LogP contribution in [0.1, 0.15) is 20.3 Å². The van der Waals surface area contributed by atoms with E-state index >= 15 is 0 Å². The van der Waals surface area contributed by atoms with Gasteiger partial charge in [-0.15, -0.1) is 0 Å². The van der Waals surface area contributed by atoms with Crippen molar-refractivity contribution in [3.8, 4) is 39.5 Å². The predicted octanol–water partition coefficient (Wildman–Crippen LogP) is 6.90. The van der Waals surface area contributed by atoms with Gasteiger partial charge < -0.3 is 19.9 Å².